The predicted octanol–water partition coefficient (Wildman–Crippen LogP) is 11.5. The predicted molar refractivity (Wildman–Crippen MR) is 175 cm³/mol. The average molecular weight is 521 g/mol. The Labute approximate surface area is 236 Å². The van der Waals surface area contributed by atoms with E-state index in [2.05, 4.69) is 146 Å². The van der Waals surface area contributed by atoms with Crippen LogP contribution in [0.2, 0.25) is 0 Å². The van der Waals surface area contributed by atoms with Crippen molar-refractivity contribution in [3.05, 3.63) is 146 Å². The first-order valence-corrected chi connectivity index (χ1v) is 14.1. The standard InChI is InChI=1S/C40H24O/c1-2-10-26-21-29(18-17-25(26)9-1)39-32-13-5-7-15-34(32)40(35-16-8-6-14-33(35)39)30-19-20-31-36-22-27-11-3-4-12-28(27)23-38(36)41-37(31)24-30/h1-24H. The fourth-order valence-corrected chi connectivity index (χ4v) is 6.71. The lowest BCUT2D eigenvalue weighted by molar-refractivity contribution is 0.669. The van der Waals surface area contributed by atoms with E-state index >= 15 is 0 Å². The zero-order valence-electron chi connectivity index (χ0n) is 22.3. The smallest absolute Gasteiger partial charge is 0.136 e. The van der Waals surface area contributed by atoms with Gasteiger partial charge in [-0.3, -0.25) is 0 Å². The molecule has 1 heterocycles. The molecule has 9 rings (SSSR count). The Morgan fingerprint density at radius 2 is 0.756 bits per heavy atom. The van der Waals surface area contributed by atoms with Gasteiger partial charge in [-0.2, -0.15) is 0 Å². The van der Waals surface area contributed by atoms with Gasteiger partial charge in [0.25, 0.3) is 0 Å². The topological polar surface area (TPSA) is 13.1 Å². The van der Waals surface area contributed by atoms with Crippen molar-refractivity contribution in [1.82, 2.24) is 0 Å². The Balaban J connectivity index is 1.34. The SMILES string of the molecule is c1ccc2cc(-c3c4ccccc4c(-c4ccc5c(c4)oc4cc6ccccc6cc45)c4ccccc34)ccc2c1. The lowest BCUT2D eigenvalue weighted by Crippen LogP contribution is -1.91. The average Bonchev–Trinajstić information content (AvgIpc) is 3.38. The van der Waals surface area contributed by atoms with Gasteiger partial charge in [-0.1, -0.05) is 115 Å². The Morgan fingerprint density at radius 1 is 0.293 bits per heavy atom. The summed E-state index contributed by atoms with van der Waals surface area (Å²) in [6.45, 7) is 0. The lowest BCUT2D eigenvalue weighted by atomic mass is 9.85. The van der Waals surface area contributed by atoms with Crippen LogP contribution in [0.25, 0.3) is 87.3 Å². The van der Waals surface area contributed by atoms with Crippen molar-refractivity contribution in [1.29, 1.82) is 0 Å². The van der Waals surface area contributed by atoms with Crippen molar-refractivity contribution in [2.45, 2.75) is 0 Å². The quantitative estimate of drug-likeness (QED) is 0.207. The molecule has 0 aliphatic rings. The third-order valence-electron chi connectivity index (χ3n) is 8.60. The molecule has 0 N–H and O–H groups in total. The van der Waals surface area contributed by atoms with Crippen LogP contribution in [0, 0.1) is 0 Å². The van der Waals surface area contributed by atoms with Crippen LogP contribution in [-0.2, 0) is 0 Å². The minimum absolute atomic E-state index is 0.916. The zero-order valence-corrected chi connectivity index (χ0v) is 22.3. The molecule has 0 radical (unpaired) electrons. The van der Waals surface area contributed by atoms with Gasteiger partial charge in [0.1, 0.15) is 11.2 Å². The van der Waals surface area contributed by atoms with E-state index in [1.807, 2.05) is 0 Å². The highest BCUT2D eigenvalue weighted by atomic mass is 16.3. The molecule has 0 unspecified atom stereocenters. The van der Waals surface area contributed by atoms with Crippen LogP contribution in [0.4, 0.5) is 0 Å². The van der Waals surface area contributed by atoms with Crippen LogP contribution in [0.3, 0.4) is 0 Å². The van der Waals surface area contributed by atoms with Gasteiger partial charge in [0.05, 0.1) is 0 Å². The zero-order chi connectivity index (χ0) is 26.9. The molecule has 0 aliphatic heterocycles. The molecule has 0 bridgehead atoms. The van der Waals surface area contributed by atoms with Gasteiger partial charge in [0, 0.05) is 10.8 Å². The Hall–Kier alpha value is -5.40. The highest BCUT2D eigenvalue weighted by molar-refractivity contribution is 6.22. The molecule has 190 valence electrons. The van der Waals surface area contributed by atoms with Gasteiger partial charge < -0.3 is 4.42 Å². The molecule has 41 heavy (non-hydrogen) atoms. The summed E-state index contributed by atoms with van der Waals surface area (Å²) in [4.78, 5) is 0. The fraction of sp³-hybridized carbons (Fsp3) is 0. The van der Waals surface area contributed by atoms with E-state index in [1.165, 1.54) is 65.3 Å². The van der Waals surface area contributed by atoms with Crippen molar-refractivity contribution in [3.8, 4) is 22.3 Å². The molecular weight excluding hydrogens is 496 g/mol. The van der Waals surface area contributed by atoms with E-state index in [1.54, 1.807) is 0 Å². The van der Waals surface area contributed by atoms with E-state index in [-0.39, 0.29) is 0 Å². The van der Waals surface area contributed by atoms with Gasteiger partial charge in [0.2, 0.25) is 0 Å². The first-order chi connectivity index (χ1) is 20.3. The number of furan rings is 1. The summed E-state index contributed by atoms with van der Waals surface area (Å²) in [5.41, 5.74) is 6.77. The van der Waals surface area contributed by atoms with Crippen LogP contribution in [0.5, 0.6) is 0 Å². The Morgan fingerprint density at radius 3 is 1.39 bits per heavy atom. The molecule has 0 fully saturated rings. The van der Waals surface area contributed by atoms with Crippen molar-refractivity contribution in [2.24, 2.45) is 0 Å². The first-order valence-electron chi connectivity index (χ1n) is 14.1. The van der Waals surface area contributed by atoms with Gasteiger partial charge in [-0.05, 0) is 95.7 Å². The summed E-state index contributed by atoms with van der Waals surface area (Å²) in [7, 11) is 0. The Bertz CT molecular complexity index is 2420. The van der Waals surface area contributed by atoms with E-state index in [0.29, 0.717) is 0 Å². The van der Waals surface area contributed by atoms with Crippen LogP contribution >= 0.6 is 0 Å². The maximum atomic E-state index is 6.48. The molecule has 0 aliphatic carbocycles. The molecule has 1 heteroatoms. The maximum absolute atomic E-state index is 6.48. The number of rotatable bonds is 2. The van der Waals surface area contributed by atoms with Crippen molar-refractivity contribution in [3.63, 3.8) is 0 Å². The summed E-state index contributed by atoms with van der Waals surface area (Å²) in [5.74, 6) is 0. The molecule has 0 spiro atoms. The van der Waals surface area contributed by atoms with Crippen LogP contribution in [-0.4, -0.2) is 0 Å². The summed E-state index contributed by atoms with van der Waals surface area (Å²) in [6.07, 6.45) is 0. The second kappa shape index (κ2) is 8.55. The summed E-state index contributed by atoms with van der Waals surface area (Å²) < 4.78 is 6.48. The Kier molecular flexibility index (Phi) is 4.67. The van der Waals surface area contributed by atoms with Gasteiger partial charge in [0.15, 0.2) is 0 Å². The molecule has 8 aromatic carbocycles. The van der Waals surface area contributed by atoms with Crippen LogP contribution < -0.4 is 0 Å². The third-order valence-corrected chi connectivity index (χ3v) is 8.60. The number of fused-ring (bicyclic) bond motifs is 7. The second-order valence-electron chi connectivity index (χ2n) is 10.9. The summed E-state index contributed by atoms with van der Waals surface area (Å²) >= 11 is 0. The van der Waals surface area contributed by atoms with E-state index in [4.69, 9.17) is 4.42 Å². The van der Waals surface area contributed by atoms with Crippen molar-refractivity contribution in [2.75, 3.05) is 0 Å². The lowest BCUT2D eigenvalue weighted by Gasteiger charge is -2.18. The molecule has 0 atom stereocenters. The van der Waals surface area contributed by atoms with Crippen LogP contribution in [0.1, 0.15) is 0 Å². The number of hydrogen-bond donors (Lipinski definition) is 0. The number of hydrogen-bond acceptors (Lipinski definition) is 1. The normalized spacial score (nSPS) is 11.9. The highest BCUT2D eigenvalue weighted by Gasteiger charge is 2.18. The van der Waals surface area contributed by atoms with Gasteiger partial charge in [-0.15, -0.1) is 0 Å². The molecule has 9 aromatic rings. The molecule has 0 amide bonds. The summed E-state index contributed by atoms with van der Waals surface area (Å²) in [5, 5.41) is 12.3. The largest absolute Gasteiger partial charge is 0.456 e. The summed E-state index contributed by atoms with van der Waals surface area (Å²) in [6, 6.07) is 52.7. The van der Waals surface area contributed by atoms with Crippen molar-refractivity contribution >= 4 is 65.0 Å². The minimum atomic E-state index is 0.916. The monoisotopic (exact) mass is 520 g/mol. The maximum Gasteiger partial charge on any atom is 0.136 e. The van der Waals surface area contributed by atoms with Crippen LogP contribution in [0.15, 0.2) is 150 Å². The molecule has 0 saturated heterocycles. The second-order valence-corrected chi connectivity index (χ2v) is 10.9. The van der Waals surface area contributed by atoms with Crippen molar-refractivity contribution < 1.29 is 4.42 Å². The van der Waals surface area contributed by atoms with E-state index in [9.17, 15) is 0 Å². The molecule has 1 nitrogen and oxygen atoms in total. The molecule has 1 aromatic heterocycles. The third kappa shape index (κ3) is 3.36. The van der Waals surface area contributed by atoms with E-state index < -0.39 is 0 Å². The first kappa shape index (κ1) is 22.4. The van der Waals surface area contributed by atoms with E-state index in [0.717, 1.165) is 21.9 Å². The number of benzene rings is 8. The van der Waals surface area contributed by atoms with Gasteiger partial charge in [-0.25, -0.2) is 0 Å². The minimum Gasteiger partial charge on any atom is -0.456 e. The molecule has 0 saturated carbocycles. The highest BCUT2D eigenvalue weighted by Crippen LogP contribution is 2.45. The van der Waals surface area contributed by atoms with Gasteiger partial charge >= 0.3 is 0 Å². The fourth-order valence-electron chi connectivity index (χ4n) is 6.71. The molecular formula is C40H24O.